The largest absolute Gasteiger partial charge is 0.462 e. The van der Waals surface area contributed by atoms with Crippen LogP contribution in [0.4, 0.5) is 0 Å². The molecule has 0 bridgehead atoms. The molecule has 392 valence electrons. The van der Waals surface area contributed by atoms with Crippen LogP contribution >= 0.6 is 0 Å². The molecule has 0 aliphatic rings. The van der Waals surface area contributed by atoms with Gasteiger partial charge in [-0.3, -0.25) is 14.4 Å². The van der Waals surface area contributed by atoms with Crippen LogP contribution in [0.25, 0.3) is 0 Å². The van der Waals surface area contributed by atoms with Gasteiger partial charge < -0.3 is 14.2 Å². The van der Waals surface area contributed by atoms with Gasteiger partial charge in [0.05, 0.1) is 0 Å². The number of rotatable bonds is 54. The Morgan fingerprint density at radius 3 is 0.864 bits per heavy atom. The van der Waals surface area contributed by atoms with E-state index in [1.165, 1.54) is 225 Å². The van der Waals surface area contributed by atoms with Crippen LogP contribution in [0.2, 0.25) is 0 Å². The molecule has 0 aromatic heterocycles. The quantitative estimate of drug-likeness (QED) is 0.0343. The van der Waals surface area contributed by atoms with Crippen LogP contribution in [0.3, 0.4) is 0 Å². The molecule has 66 heavy (non-hydrogen) atoms. The average Bonchev–Trinajstić information content (AvgIpc) is 3.30. The number of esters is 3. The molecule has 0 aromatic carbocycles. The summed E-state index contributed by atoms with van der Waals surface area (Å²) in [6, 6.07) is 0. The second-order valence-electron chi connectivity index (χ2n) is 21.4. The van der Waals surface area contributed by atoms with Crippen LogP contribution in [-0.4, -0.2) is 37.2 Å². The third kappa shape index (κ3) is 51.8. The highest BCUT2D eigenvalue weighted by molar-refractivity contribution is 5.71. The first kappa shape index (κ1) is 64.4. The highest BCUT2D eigenvalue weighted by atomic mass is 16.6. The second kappa shape index (κ2) is 52.8. The first-order chi connectivity index (χ1) is 32.3. The summed E-state index contributed by atoms with van der Waals surface area (Å²) >= 11 is 0. The van der Waals surface area contributed by atoms with Gasteiger partial charge in [-0.25, -0.2) is 0 Å². The van der Waals surface area contributed by atoms with Crippen LogP contribution < -0.4 is 0 Å². The van der Waals surface area contributed by atoms with Crippen LogP contribution in [0, 0.1) is 11.8 Å². The highest BCUT2D eigenvalue weighted by Crippen LogP contribution is 2.19. The number of carbonyl (C=O) groups excluding carboxylic acids is 3. The fraction of sp³-hybridized carbons (Fsp3) is 0.950. The van der Waals surface area contributed by atoms with Gasteiger partial charge in [0.15, 0.2) is 6.10 Å². The Hall–Kier alpha value is -1.59. The minimum atomic E-state index is -0.763. The van der Waals surface area contributed by atoms with Gasteiger partial charge in [-0.1, -0.05) is 298 Å². The van der Waals surface area contributed by atoms with Gasteiger partial charge in [0, 0.05) is 19.3 Å². The first-order valence-electron chi connectivity index (χ1n) is 29.8. The fourth-order valence-electron chi connectivity index (χ4n) is 9.20. The van der Waals surface area contributed by atoms with Crippen molar-refractivity contribution in [3.05, 3.63) is 0 Å². The van der Waals surface area contributed by atoms with Crippen molar-refractivity contribution < 1.29 is 28.6 Å². The van der Waals surface area contributed by atoms with E-state index >= 15 is 0 Å². The summed E-state index contributed by atoms with van der Waals surface area (Å²) in [6.45, 7) is 11.4. The molecule has 0 saturated carbocycles. The number of hydrogen-bond donors (Lipinski definition) is 0. The van der Waals surface area contributed by atoms with Gasteiger partial charge in [-0.15, -0.1) is 0 Å². The minimum absolute atomic E-state index is 0.0628. The van der Waals surface area contributed by atoms with Crippen LogP contribution in [-0.2, 0) is 28.6 Å². The van der Waals surface area contributed by atoms with Gasteiger partial charge in [-0.05, 0) is 31.1 Å². The fourth-order valence-corrected chi connectivity index (χ4v) is 9.20. The van der Waals surface area contributed by atoms with E-state index in [-0.39, 0.29) is 31.1 Å². The van der Waals surface area contributed by atoms with E-state index in [1.807, 2.05) is 0 Å². The van der Waals surface area contributed by atoms with Crippen molar-refractivity contribution in [1.82, 2.24) is 0 Å². The Kier molecular flexibility index (Phi) is 51.5. The molecule has 0 N–H and O–H groups in total. The minimum Gasteiger partial charge on any atom is -0.462 e. The average molecular weight is 934 g/mol. The Bertz CT molecular complexity index is 1010. The van der Waals surface area contributed by atoms with E-state index in [0.29, 0.717) is 19.3 Å². The maximum absolute atomic E-state index is 12.9. The van der Waals surface area contributed by atoms with E-state index < -0.39 is 6.10 Å². The third-order valence-corrected chi connectivity index (χ3v) is 14.1. The number of hydrogen-bond acceptors (Lipinski definition) is 6. The zero-order valence-corrected chi connectivity index (χ0v) is 45.3. The van der Waals surface area contributed by atoms with E-state index in [1.54, 1.807) is 0 Å². The van der Waals surface area contributed by atoms with Gasteiger partial charge in [0.2, 0.25) is 0 Å². The van der Waals surface area contributed by atoms with E-state index in [4.69, 9.17) is 14.2 Å². The lowest BCUT2D eigenvalue weighted by Crippen LogP contribution is -2.30. The van der Waals surface area contributed by atoms with E-state index in [0.717, 1.165) is 69.6 Å². The van der Waals surface area contributed by atoms with Crippen LogP contribution in [0.1, 0.15) is 336 Å². The van der Waals surface area contributed by atoms with Crippen LogP contribution in [0.15, 0.2) is 0 Å². The summed E-state index contributed by atoms with van der Waals surface area (Å²) in [7, 11) is 0. The van der Waals surface area contributed by atoms with Gasteiger partial charge in [-0.2, -0.15) is 0 Å². The maximum Gasteiger partial charge on any atom is 0.306 e. The predicted octanol–water partition coefficient (Wildman–Crippen LogP) is 19.7. The summed E-state index contributed by atoms with van der Waals surface area (Å²) in [6.07, 6.45) is 56.6. The van der Waals surface area contributed by atoms with Gasteiger partial charge in [0.1, 0.15) is 13.2 Å². The van der Waals surface area contributed by atoms with Crippen molar-refractivity contribution in [1.29, 1.82) is 0 Å². The number of carbonyl (C=O) groups is 3. The first-order valence-corrected chi connectivity index (χ1v) is 29.8. The molecule has 1 unspecified atom stereocenters. The summed E-state index contributed by atoms with van der Waals surface area (Å²) in [5, 5.41) is 0. The Balaban J connectivity index is 4.27. The molecule has 0 heterocycles. The smallest absolute Gasteiger partial charge is 0.306 e. The highest BCUT2D eigenvalue weighted by Gasteiger charge is 2.19. The molecule has 6 heteroatoms. The third-order valence-electron chi connectivity index (χ3n) is 14.1. The van der Waals surface area contributed by atoms with Crippen molar-refractivity contribution in [3.8, 4) is 0 Å². The van der Waals surface area contributed by atoms with Gasteiger partial charge in [0.25, 0.3) is 0 Å². The SMILES string of the molecule is CCCCCCCCCCCCCCCCCCCCC(=O)OC[C@@H](COC(=O)CCCCCCCCCCC(C)CC)OC(=O)CCCCCCCCCCCCCCCCCC(C)C. The van der Waals surface area contributed by atoms with Crippen LogP contribution in [0.5, 0.6) is 0 Å². The van der Waals surface area contributed by atoms with Crippen molar-refractivity contribution in [2.24, 2.45) is 11.8 Å². The monoisotopic (exact) mass is 933 g/mol. The van der Waals surface area contributed by atoms with Crippen molar-refractivity contribution in [3.63, 3.8) is 0 Å². The van der Waals surface area contributed by atoms with E-state index in [2.05, 4.69) is 34.6 Å². The summed E-state index contributed by atoms with van der Waals surface area (Å²) in [4.78, 5) is 38.2. The standard InChI is InChI=1S/C60H116O6/c1-6-8-9-10-11-12-13-14-15-16-17-20-23-26-29-35-40-45-50-58(61)64-53-57(54-65-59(62)51-46-41-36-32-31-34-39-44-49-56(5)7-2)66-60(63)52-47-42-37-30-27-24-21-18-19-22-25-28-33-38-43-48-55(3)4/h55-57H,6-54H2,1-5H3/t56?,57-/m0/s1. The lowest BCUT2D eigenvalue weighted by molar-refractivity contribution is -0.167. The molecule has 2 atom stereocenters. The lowest BCUT2D eigenvalue weighted by atomic mass is 9.99. The predicted molar refractivity (Wildman–Crippen MR) is 284 cm³/mol. The molecule has 0 saturated heterocycles. The summed E-state index contributed by atoms with van der Waals surface area (Å²) < 4.78 is 16.9. The van der Waals surface area contributed by atoms with Crippen molar-refractivity contribution in [2.45, 2.75) is 343 Å². The lowest BCUT2D eigenvalue weighted by Gasteiger charge is -2.18. The molecule has 0 aliphatic heterocycles. The molecule has 0 amide bonds. The molecule has 0 aliphatic carbocycles. The van der Waals surface area contributed by atoms with Crippen molar-refractivity contribution >= 4 is 17.9 Å². The topological polar surface area (TPSA) is 78.9 Å². The Morgan fingerprint density at radius 1 is 0.318 bits per heavy atom. The number of unbranched alkanes of at least 4 members (excludes halogenated alkanes) is 38. The normalized spacial score (nSPS) is 12.5. The molecular weight excluding hydrogens is 817 g/mol. The van der Waals surface area contributed by atoms with Gasteiger partial charge >= 0.3 is 17.9 Å². The van der Waals surface area contributed by atoms with Crippen molar-refractivity contribution in [2.75, 3.05) is 13.2 Å². The maximum atomic E-state index is 12.9. The Labute approximate surface area is 412 Å². The molecule has 0 spiro atoms. The molecule has 0 fully saturated rings. The second-order valence-corrected chi connectivity index (χ2v) is 21.4. The van der Waals surface area contributed by atoms with E-state index in [9.17, 15) is 14.4 Å². The molecular formula is C60H116O6. The summed E-state index contributed by atoms with van der Waals surface area (Å²) in [5.74, 6) is 0.856. The molecule has 0 radical (unpaired) electrons. The Morgan fingerprint density at radius 2 is 0.576 bits per heavy atom. The molecule has 6 nitrogen and oxygen atoms in total. The molecule has 0 rings (SSSR count). The zero-order chi connectivity index (χ0) is 48.2. The number of ether oxygens (including phenoxy) is 3. The molecule has 0 aromatic rings. The zero-order valence-electron chi connectivity index (χ0n) is 45.3. The summed E-state index contributed by atoms with van der Waals surface area (Å²) in [5.41, 5.74) is 0.